The summed E-state index contributed by atoms with van der Waals surface area (Å²) >= 11 is 0. The normalized spacial score (nSPS) is 11.7. The summed E-state index contributed by atoms with van der Waals surface area (Å²) in [5.41, 5.74) is 1.12. The van der Waals surface area contributed by atoms with E-state index in [1.54, 1.807) is 20.2 Å². The average Bonchev–Trinajstić information content (AvgIpc) is 2.59. The molecule has 1 aromatic carbocycles. The second-order valence-corrected chi connectivity index (χ2v) is 6.35. The quantitative estimate of drug-likeness (QED) is 0.354. The molecule has 0 saturated carbocycles. The van der Waals surface area contributed by atoms with Crippen molar-refractivity contribution in [2.24, 2.45) is 21.1 Å². The average molecular weight is 336 g/mol. The molecule has 0 aliphatic heterocycles. The molecule has 126 valence electrons. The van der Waals surface area contributed by atoms with Crippen molar-refractivity contribution in [2.75, 3.05) is 0 Å². The largest absolute Gasteiger partial charge is 0.332 e. The highest BCUT2D eigenvalue weighted by Gasteiger charge is 2.18. The van der Waals surface area contributed by atoms with Crippen LogP contribution in [-0.4, -0.2) is 18.7 Å². The van der Waals surface area contributed by atoms with Crippen molar-refractivity contribution in [3.63, 3.8) is 0 Å². The molecule has 0 aliphatic rings. The van der Waals surface area contributed by atoms with Crippen molar-refractivity contribution >= 4 is 32.8 Å². The first-order valence-electron chi connectivity index (χ1n) is 7.81. The lowest BCUT2D eigenvalue weighted by Crippen LogP contribution is -2.39. The molecule has 0 spiro atoms. The minimum absolute atomic E-state index is 0.268. The maximum atomic E-state index is 12.8. The predicted octanol–water partition coefficient (Wildman–Crippen LogP) is 0.946. The molecule has 0 amide bonds. The number of aromatic nitrogens is 4. The summed E-state index contributed by atoms with van der Waals surface area (Å²) in [6.07, 6.45) is 0. The third-order valence-electron chi connectivity index (χ3n) is 4.69. The second kappa shape index (κ2) is 4.89. The van der Waals surface area contributed by atoms with Crippen molar-refractivity contribution < 1.29 is 0 Å². The predicted molar refractivity (Wildman–Crippen MR) is 97.2 cm³/mol. The van der Waals surface area contributed by atoms with Crippen LogP contribution < -0.4 is 16.8 Å². The van der Waals surface area contributed by atoms with Crippen LogP contribution in [0.2, 0.25) is 0 Å². The fourth-order valence-electron chi connectivity index (χ4n) is 3.36. The highest BCUT2D eigenvalue weighted by Crippen LogP contribution is 2.22. The van der Waals surface area contributed by atoms with Gasteiger partial charge in [-0.3, -0.25) is 23.3 Å². The number of benzene rings is 1. The number of nitrogens with zero attached hydrogens (tertiary/aromatic N) is 4. The third-order valence-corrected chi connectivity index (χ3v) is 4.69. The van der Waals surface area contributed by atoms with Crippen LogP contribution in [0.4, 0.5) is 0 Å². The van der Waals surface area contributed by atoms with E-state index in [1.165, 1.54) is 16.2 Å². The third kappa shape index (κ3) is 1.92. The molecule has 3 heterocycles. The van der Waals surface area contributed by atoms with Crippen molar-refractivity contribution in [1.82, 2.24) is 18.7 Å². The van der Waals surface area contributed by atoms with E-state index in [0.717, 1.165) is 15.5 Å². The Kier molecular flexibility index (Phi) is 3.00. The molecule has 0 radical (unpaired) electrons. The van der Waals surface area contributed by atoms with Crippen LogP contribution in [0.25, 0.3) is 32.8 Å². The summed E-state index contributed by atoms with van der Waals surface area (Å²) in [4.78, 5) is 42.4. The summed E-state index contributed by atoms with van der Waals surface area (Å²) in [6.45, 7) is 1.97. The monoisotopic (exact) mass is 336 g/mol. The van der Waals surface area contributed by atoms with Gasteiger partial charge in [-0.05, 0) is 25.1 Å². The SMILES string of the molecule is Cc1ccc2nc3c(cc2c1)c(=O)n(C)c1c3c(=O)n(C)c(=O)n1C. The van der Waals surface area contributed by atoms with E-state index in [4.69, 9.17) is 0 Å². The summed E-state index contributed by atoms with van der Waals surface area (Å²) < 4.78 is 3.68. The molecule has 0 N–H and O–H groups in total. The van der Waals surface area contributed by atoms with Crippen LogP contribution in [0, 0.1) is 6.92 Å². The first-order valence-corrected chi connectivity index (χ1v) is 7.81. The van der Waals surface area contributed by atoms with Gasteiger partial charge >= 0.3 is 5.69 Å². The van der Waals surface area contributed by atoms with E-state index < -0.39 is 11.2 Å². The lowest BCUT2D eigenvalue weighted by molar-refractivity contribution is 0.691. The number of hydrogen-bond acceptors (Lipinski definition) is 4. The van der Waals surface area contributed by atoms with E-state index >= 15 is 0 Å². The lowest BCUT2D eigenvalue weighted by Gasteiger charge is -2.13. The Labute approximate surface area is 141 Å². The van der Waals surface area contributed by atoms with Gasteiger partial charge in [0.2, 0.25) is 0 Å². The lowest BCUT2D eigenvalue weighted by atomic mass is 10.1. The van der Waals surface area contributed by atoms with Gasteiger partial charge in [0, 0.05) is 26.5 Å². The molecule has 0 fully saturated rings. The Bertz CT molecular complexity index is 1390. The van der Waals surface area contributed by atoms with Crippen LogP contribution in [0.15, 0.2) is 38.6 Å². The molecule has 7 heteroatoms. The summed E-state index contributed by atoms with van der Waals surface area (Å²) in [5.74, 6) is 0. The smallest absolute Gasteiger partial charge is 0.296 e. The van der Waals surface area contributed by atoms with Gasteiger partial charge in [0.25, 0.3) is 11.1 Å². The van der Waals surface area contributed by atoms with Crippen LogP contribution in [0.1, 0.15) is 5.56 Å². The molecular formula is C18H16N4O3. The Morgan fingerprint density at radius 3 is 2.32 bits per heavy atom. The van der Waals surface area contributed by atoms with Gasteiger partial charge < -0.3 is 0 Å². The number of aryl methyl sites for hydroxylation is 3. The first kappa shape index (κ1) is 15.3. The molecule has 25 heavy (non-hydrogen) atoms. The van der Waals surface area contributed by atoms with Gasteiger partial charge in [-0.25, -0.2) is 9.78 Å². The van der Waals surface area contributed by atoms with Gasteiger partial charge in [-0.2, -0.15) is 0 Å². The number of fused-ring (bicyclic) bond motifs is 4. The molecular weight excluding hydrogens is 320 g/mol. The van der Waals surface area contributed by atoms with Crippen LogP contribution in [0.5, 0.6) is 0 Å². The van der Waals surface area contributed by atoms with E-state index in [2.05, 4.69) is 4.98 Å². The van der Waals surface area contributed by atoms with Gasteiger partial charge in [0.05, 0.1) is 16.4 Å². The highest BCUT2D eigenvalue weighted by molar-refractivity contribution is 6.05. The fourth-order valence-corrected chi connectivity index (χ4v) is 3.36. The van der Waals surface area contributed by atoms with E-state index in [0.29, 0.717) is 16.4 Å². The number of pyridine rings is 2. The van der Waals surface area contributed by atoms with Crippen molar-refractivity contribution in [1.29, 1.82) is 0 Å². The zero-order chi connectivity index (χ0) is 18.0. The molecule has 0 atom stereocenters. The standard InChI is InChI=1S/C18H16N4O3/c1-9-5-6-12-10(7-9)8-11-14(19-12)13-15(20(2)16(11)23)21(3)18(25)22(4)17(13)24/h5-8H,1-4H3. The van der Waals surface area contributed by atoms with Crippen molar-refractivity contribution in [3.05, 3.63) is 61.0 Å². The Hall–Kier alpha value is -3.22. The van der Waals surface area contributed by atoms with Gasteiger partial charge in [-0.1, -0.05) is 11.6 Å². The topological polar surface area (TPSA) is 78.9 Å². The van der Waals surface area contributed by atoms with Gasteiger partial charge in [0.1, 0.15) is 11.0 Å². The Morgan fingerprint density at radius 2 is 1.60 bits per heavy atom. The van der Waals surface area contributed by atoms with Crippen LogP contribution in [0.3, 0.4) is 0 Å². The number of rotatable bonds is 0. The molecule has 4 rings (SSSR count). The van der Waals surface area contributed by atoms with Crippen LogP contribution in [-0.2, 0) is 21.1 Å². The highest BCUT2D eigenvalue weighted by atomic mass is 16.2. The summed E-state index contributed by atoms with van der Waals surface area (Å²) in [6, 6.07) is 7.50. The van der Waals surface area contributed by atoms with Gasteiger partial charge in [0.15, 0.2) is 0 Å². The Morgan fingerprint density at radius 1 is 0.880 bits per heavy atom. The minimum atomic E-state index is -0.483. The molecule has 3 aromatic heterocycles. The molecule has 0 saturated heterocycles. The zero-order valence-corrected chi connectivity index (χ0v) is 14.3. The van der Waals surface area contributed by atoms with E-state index in [1.807, 2.05) is 25.1 Å². The molecule has 0 aliphatic carbocycles. The molecule has 7 nitrogen and oxygen atoms in total. The molecule has 4 aromatic rings. The minimum Gasteiger partial charge on any atom is -0.296 e. The van der Waals surface area contributed by atoms with Gasteiger partial charge in [-0.15, -0.1) is 0 Å². The van der Waals surface area contributed by atoms with Crippen molar-refractivity contribution in [2.45, 2.75) is 6.92 Å². The van der Waals surface area contributed by atoms with Crippen molar-refractivity contribution in [3.8, 4) is 0 Å². The second-order valence-electron chi connectivity index (χ2n) is 6.35. The zero-order valence-electron chi connectivity index (χ0n) is 14.3. The maximum absolute atomic E-state index is 12.8. The van der Waals surface area contributed by atoms with E-state index in [-0.39, 0.29) is 16.6 Å². The van der Waals surface area contributed by atoms with Crippen LogP contribution >= 0.6 is 0 Å². The fraction of sp³-hybridized carbons (Fsp3) is 0.222. The maximum Gasteiger partial charge on any atom is 0.332 e. The molecule has 0 unspecified atom stereocenters. The molecule has 0 bridgehead atoms. The first-order chi connectivity index (χ1) is 11.8. The summed E-state index contributed by atoms with van der Waals surface area (Å²) in [7, 11) is 4.52. The van der Waals surface area contributed by atoms with E-state index in [9.17, 15) is 14.4 Å². The summed E-state index contributed by atoms with van der Waals surface area (Å²) in [5, 5.41) is 1.47. The number of hydrogen-bond donors (Lipinski definition) is 0. The Balaban J connectivity index is 2.43.